The summed E-state index contributed by atoms with van der Waals surface area (Å²) in [5.41, 5.74) is 0.855. The lowest BCUT2D eigenvalue weighted by Gasteiger charge is -2.34. The number of nitrogens with zero attached hydrogens (tertiary/aromatic N) is 1. The zero-order chi connectivity index (χ0) is 12.1. The van der Waals surface area contributed by atoms with E-state index in [1.807, 2.05) is 0 Å². The topological polar surface area (TPSA) is 54.0 Å². The Balaban J connectivity index is 1.87. The summed E-state index contributed by atoms with van der Waals surface area (Å²) < 4.78 is 0. The van der Waals surface area contributed by atoms with Gasteiger partial charge in [0.2, 0.25) is 0 Å². The third kappa shape index (κ3) is 3.27. The first kappa shape index (κ1) is 12.0. The number of piperidine rings is 1. The van der Waals surface area contributed by atoms with E-state index >= 15 is 0 Å². The minimum atomic E-state index is -0.0298. The van der Waals surface area contributed by atoms with E-state index in [1.165, 1.54) is 0 Å². The summed E-state index contributed by atoms with van der Waals surface area (Å²) in [4.78, 5) is 15.8. The van der Waals surface area contributed by atoms with Gasteiger partial charge in [0.05, 0.1) is 5.56 Å². The van der Waals surface area contributed by atoms with Crippen molar-refractivity contribution < 1.29 is 4.79 Å². The lowest BCUT2D eigenvalue weighted by molar-refractivity contribution is 0.0922. The molecule has 1 fully saturated rings. The highest BCUT2D eigenvalue weighted by Crippen LogP contribution is 2.26. The summed E-state index contributed by atoms with van der Waals surface area (Å²) in [6.07, 6.45) is 5.49. The third-order valence-corrected chi connectivity index (χ3v) is 3.41. The van der Waals surface area contributed by atoms with Gasteiger partial charge in [-0.25, -0.2) is 0 Å². The van der Waals surface area contributed by atoms with Gasteiger partial charge in [0.1, 0.15) is 0 Å². The molecule has 17 heavy (non-hydrogen) atoms. The molecule has 4 heteroatoms. The van der Waals surface area contributed by atoms with E-state index < -0.39 is 0 Å². The van der Waals surface area contributed by atoms with E-state index in [1.54, 1.807) is 24.5 Å². The lowest BCUT2D eigenvalue weighted by atomic mass is 9.81. The maximum atomic E-state index is 11.9. The highest BCUT2D eigenvalue weighted by atomic mass is 16.1. The lowest BCUT2D eigenvalue weighted by Crippen LogP contribution is -2.42. The molecule has 0 aromatic carbocycles. The summed E-state index contributed by atoms with van der Waals surface area (Å²) >= 11 is 0. The number of carbonyl (C=O) groups excluding carboxylic acids is 1. The van der Waals surface area contributed by atoms with Crippen LogP contribution in [-0.2, 0) is 0 Å². The zero-order valence-corrected chi connectivity index (χ0v) is 10.2. The Morgan fingerprint density at radius 2 is 2.29 bits per heavy atom. The van der Waals surface area contributed by atoms with Gasteiger partial charge in [-0.15, -0.1) is 0 Å². The molecule has 1 aliphatic heterocycles. The van der Waals surface area contributed by atoms with Crippen LogP contribution < -0.4 is 10.6 Å². The van der Waals surface area contributed by atoms with Crippen molar-refractivity contribution in [2.24, 2.45) is 5.41 Å². The first-order valence-electron chi connectivity index (χ1n) is 6.09. The molecule has 1 amide bonds. The molecule has 4 nitrogen and oxygen atoms in total. The monoisotopic (exact) mass is 233 g/mol. The van der Waals surface area contributed by atoms with Crippen LogP contribution in [0.15, 0.2) is 24.5 Å². The molecule has 1 saturated heterocycles. The van der Waals surface area contributed by atoms with Gasteiger partial charge in [-0.05, 0) is 43.5 Å². The Kier molecular flexibility index (Phi) is 3.74. The van der Waals surface area contributed by atoms with E-state index in [9.17, 15) is 4.79 Å². The average Bonchev–Trinajstić information content (AvgIpc) is 2.38. The second-order valence-electron chi connectivity index (χ2n) is 4.99. The van der Waals surface area contributed by atoms with Gasteiger partial charge in [-0.2, -0.15) is 0 Å². The quantitative estimate of drug-likeness (QED) is 0.825. The van der Waals surface area contributed by atoms with Gasteiger partial charge < -0.3 is 10.6 Å². The second kappa shape index (κ2) is 5.27. The van der Waals surface area contributed by atoms with Crippen molar-refractivity contribution in [3.05, 3.63) is 30.1 Å². The van der Waals surface area contributed by atoms with Crippen LogP contribution in [0.5, 0.6) is 0 Å². The van der Waals surface area contributed by atoms with Crippen LogP contribution in [0, 0.1) is 5.41 Å². The molecule has 0 radical (unpaired) electrons. The molecule has 0 aliphatic carbocycles. The van der Waals surface area contributed by atoms with Crippen LogP contribution >= 0.6 is 0 Å². The number of aromatic nitrogens is 1. The minimum Gasteiger partial charge on any atom is -0.351 e. The van der Waals surface area contributed by atoms with E-state index in [2.05, 4.69) is 22.5 Å². The number of hydrogen-bond acceptors (Lipinski definition) is 3. The van der Waals surface area contributed by atoms with Crippen LogP contribution in [0.25, 0.3) is 0 Å². The van der Waals surface area contributed by atoms with Gasteiger partial charge in [-0.3, -0.25) is 9.78 Å². The predicted octanol–water partition coefficient (Wildman–Crippen LogP) is 1.20. The van der Waals surface area contributed by atoms with E-state index in [4.69, 9.17) is 0 Å². The van der Waals surface area contributed by atoms with Crippen LogP contribution in [-0.4, -0.2) is 30.5 Å². The van der Waals surface area contributed by atoms with E-state index in [0.717, 1.165) is 32.5 Å². The number of carbonyl (C=O) groups is 1. The standard InChI is InChI=1S/C13H19N3O/c1-13(4-7-14-8-5-13)10-16-12(17)11-3-2-6-15-9-11/h2-3,6,9,14H,4-5,7-8,10H2,1H3,(H,16,17). The molecule has 92 valence electrons. The van der Waals surface area contributed by atoms with E-state index in [-0.39, 0.29) is 11.3 Å². The van der Waals surface area contributed by atoms with Gasteiger partial charge in [0, 0.05) is 18.9 Å². The average molecular weight is 233 g/mol. The Labute approximate surface area is 102 Å². The summed E-state index contributed by atoms with van der Waals surface area (Å²) in [5.74, 6) is -0.0298. The summed E-state index contributed by atoms with van der Waals surface area (Å²) in [5, 5.41) is 6.34. The molecule has 0 bridgehead atoms. The number of pyridine rings is 1. The fourth-order valence-electron chi connectivity index (χ4n) is 2.10. The van der Waals surface area contributed by atoms with Crippen molar-refractivity contribution in [3.63, 3.8) is 0 Å². The minimum absolute atomic E-state index is 0.0298. The summed E-state index contributed by atoms with van der Waals surface area (Å²) in [6, 6.07) is 3.56. The molecule has 2 N–H and O–H groups in total. The molecule has 2 rings (SSSR count). The van der Waals surface area contributed by atoms with Crippen molar-refractivity contribution in [3.8, 4) is 0 Å². The second-order valence-corrected chi connectivity index (χ2v) is 4.99. The summed E-state index contributed by atoms with van der Waals surface area (Å²) in [6.45, 7) is 5.05. The van der Waals surface area contributed by atoms with Crippen LogP contribution in [0.2, 0.25) is 0 Å². The van der Waals surface area contributed by atoms with Crippen LogP contribution in [0.1, 0.15) is 30.1 Å². The molecular weight excluding hydrogens is 214 g/mol. The Morgan fingerprint density at radius 1 is 1.53 bits per heavy atom. The van der Waals surface area contributed by atoms with E-state index in [0.29, 0.717) is 5.56 Å². The van der Waals surface area contributed by atoms with Crippen LogP contribution in [0.3, 0.4) is 0 Å². The van der Waals surface area contributed by atoms with Crippen molar-refractivity contribution in [2.75, 3.05) is 19.6 Å². The molecule has 0 spiro atoms. The number of rotatable bonds is 3. The fourth-order valence-corrected chi connectivity index (χ4v) is 2.10. The molecule has 1 aromatic heterocycles. The molecule has 0 unspecified atom stereocenters. The van der Waals surface area contributed by atoms with Gasteiger partial charge >= 0.3 is 0 Å². The molecule has 0 saturated carbocycles. The zero-order valence-electron chi connectivity index (χ0n) is 10.2. The van der Waals surface area contributed by atoms with Gasteiger partial charge in [0.25, 0.3) is 5.91 Å². The number of amides is 1. The first-order chi connectivity index (χ1) is 8.20. The predicted molar refractivity (Wildman–Crippen MR) is 66.8 cm³/mol. The molecule has 1 aromatic rings. The van der Waals surface area contributed by atoms with Gasteiger partial charge in [0.15, 0.2) is 0 Å². The maximum absolute atomic E-state index is 11.9. The fraction of sp³-hybridized carbons (Fsp3) is 0.538. The van der Waals surface area contributed by atoms with Crippen molar-refractivity contribution in [1.82, 2.24) is 15.6 Å². The smallest absolute Gasteiger partial charge is 0.252 e. The number of hydrogen-bond donors (Lipinski definition) is 2. The third-order valence-electron chi connectivity index (χ3n) is 3.41. The highest BCUT2D eigenvalue weighted by Gasteiger charge is 2.27. The SMILES string of the molecule is CC1(CNC(=O)c2cccnc2)CCNCC1. The highest BCUT2D eigenvalue weighted by molar-refractivity contribution is 5.93. The van der Waals surface area contributed by atoms with Crippen molar-refractivity contribution in [2.45, 2.75) is 19.8 Å². The Morgan fingerprint density at radius 3 is 2.94 bits per heavy atom. The normalized spacial score (nSPS) is 18.6. The molecular formula is C13H19N3O. The largest absolute Gasteiger partial charge is 0.351 e. The number of nitrogens with one attached hydrogen (secondary N) is 2. The van der Waals surface area contributed by atoms with Crippen LogP contribution in [0.4, 0.5) is 0 Å². The summed E-state index contributed by atoms with van der Waals surface area (Å²) in [7, 11) is 0. The maximum Gasteiger partial charge on any atom is 0.252 e. The molecule has 1 aliphatic rings. The Bertz CT molecular complexity index is 372. The molecule has 0 atom stereocenters. The Hall–Kier alpha value is -1.42. The van der Waals surface area contributed by atoms with Gasteiger partial charge in [-0.1, -0.05) is 6.92 Å². The van der Waals surface area contributed by atoms with Crippen molar-refractivity contribution >= 4 is 5.91 Å². The first-order valence-corrected chi connectivity index (χ1v) is 6.09. The molecule has 2 heterocycles. The van der Waals surface area contributed by atoms with Crippen molar-refractivity contribution in [1.29, 1.82) is 0 Å².